The maximum absolute atomic E-state index is 14.6. The van der Waals surface area contributed by atoms with Crippen LogP contribution in [0.5, 0.6) is 0 Å². The van der Waals surface area contributed by atoms with E-state index in [0.29, 0.717) is 64.2 Å². The molecule has 0 radical (unpaired) electrons. The van der Waals surface area contributed by atoms with E-state index in [1.165, 1.54) is 0 Å². The molecule has 16 rings (SSSR count). The van der Waals surface area contributed by atoms with Gasteiger partial charge in [-0.3, -0.25) is 4.79 Å². The SMILES string of the molecule is C=C1C[C@@H]2CC[C@@]34C[C@@H]5O[C@H]6[C@@H](O3)[C@H]3O[C@H](CC[C@@H]3O[C@H]6C5O4)CC(=O)O[C@@H]3[C@@H](C)[C@@H]4O[C@@H]5C[C@@]6(C[C@@H]7O[C@]8(C[C@H](C)[C@@H]9O[C@H]([C@@H](O)C[C@@H](O)CO)C[C@@H]9O8)C[C@H](C)[C@@H]7O6)O[C@@H]5C[C@@H]4O[C@H]3C[C@H]3O[C@@H](CC[C@@H]1O2)C[C@@H](C)C3=C. The van der Waals surface area contributed by atoms with Gasteiger partial charge in [-0.2, -0.15) is 0 Å². The van der Waals surface area contributed by atoms with Crippen molar-refractivity contribution in [3.63, 3.8) is 0 Å². The molecule has 0 aliphatic carbocycles. The highest BCUT2D eigenvalue weighted by Gasteiger charge is 2.70. The van der Waals surface area contributed by atoms with Gasteiger partial charge < -0.3 is 86.4 Å². The minimum atomic E-state index is -1.02. The summed E-state index contributed by atoms with van der Waals surface area (Å²) in [6.45, 7) is 17.4. The maximum atomic E-state index is 14.6. The normalized spacial score (nSPS) is 57.2. The molecule has 1 unspecified atom stereocenters. The van der Waals surface area contributed by atoms with Gasteiger partial charge in [-0.05, 0) is 73.8 Å². The molecule has 16 saturated heterocycles. The fraction of sp³-hybridized carbons (Fsp3) is 0.917. The Morgan fingerprint density at radius 2 is 1.18 bits per heavy atom. The van der Waals surface area contributed by atoms with Crippen molar-refractivity contribution in [2.24, 2.45) is 23.7 Å². The number of esters is 1. The summed E-state index contributed by atoms with van der Waals surface area (Å²) in [6.07, 6.45) is 2.17. The van der Waals surface area contributed by atoms with Crippen LogP contribution in [0.25, 0.3) is 0 Å². The standard InChI is InChI=1S/C60H86O19/c1-26-13-33-7-9-37-27(2)14-35(65-37)11-12-58-23-46-54(78-58)55-56(72-46)57(79-58)53-38(69-55)10-8-34(67-53)16-48(64)73-52-31(6)51-43(68-42(52)17-39(66-33)30(26)5)19-41-45(71-51)22-60(74-41)24-47-50(77-60)29(4)21-59(76-47)20-28(3)49-44(75-59)18-40(70-49)36(63)15-32(62)25-61/h26,28-29,31-47,49-57,61-63H,2,5,7-25H2,1,3-4,6H3/t26-,28+,29+,31+,32-,33+,34-,35+,36+,37+,38+,39-,40+,41-,42+,43+,44+,45-,46+,47+,49+,50+,51+,52-,53+,54?,55+,56-,57+,58+,59-,60-/m1/s1. The fourth-order valence-corrected chi connectivity index (χ4v) is 18.2. The molecule has 16 aliphatic rings. The quantitative estimate of drug-likeness (QED) is 0.251. The summed E-state index contributed by atoms with van der Waals surface area (Å²) in [4.78, 5) is 14.6. The largest absolute Gasteiger partial charge is 0.459 e. The lowest BCUT2D eigenvalue weighted by atomic mass is 9.79. The molecule has 16 fully saturated rings. The predicted octanol–water partition coefficient (Wildman–Crippen LogP) is 4.93. The summed E-state index contributed by atoms with van der Waals surface area (Å²) in [5.41, 5.74) is 2.15. The van der Waals surface area contributed by atoms with Crippen LogP contribution in [-0.4, -0.2) is 198 Å². The Labute approximate surface area is 463 Å². The molecule has 0 saturated carbocycles. The minimum absolute atomic E-state index is 0.0143. The van der Waals surface area contributed by atoms with Gasteiger partial charge in [0.25, 0.3) is 0 Å². The van der Waals surface area contributed by atoms with Gasteiger partial charge >= 0.3 is 5.97 Å². The van der Waals surface area contributed by atoms with Crippen molar-refractivity contribution in [1.82, 2.24) is 0 Å². The number of ether oxygens (including phenoxy) is 15. The van der Waals surface area contributed by atoms with Crippen molar-refractivity contribution in [2.75, 3.05) is 6.61 Å². The third-order valence-electron chi connectivity index (χ3n) is 21.9. The second-order valence-electron chi connectivity index (χ2n) is 27.5. The zero-order chi connectivity index (χ0) is 54.0. The van der Waals surface area contributed by atoms with E-state index in [2.05, 4.69) is 40.9 Å². The first-order valence-corrected chi connectivity index (χ1v) is 30.8. The molecule has 79 heavy (non-hydrogen) atoms. The minimum Gasteiger partial charge on any atom is -0.459 e. The molecule has 0 aromatic carbocycles. The summed E-state index contributed by atoms with van der Waals surface area (Å²) in [5.74, 6) is -2.77. The van der Waals surface area contributed by atoms with Crippen molar-refractivity contribution >= 4 is 5.97 Å². The lowest BCUT2D eigenvalue weighted by molar-refractivity contribution is -0.347. The zero-order valence-electron chi connectivity index (χ0n) is 46.5. The Morgan fingerprint density at radius 1 is 0.506 bits per heavy atom. The first kappa shape index (κ1) is 54.0. The van der Waals surface area contributed by atoms with E-state index in [1.54, 1.807) is 0 Å². The Kier molecular flexibility index (Phi) is 13.8. The molecule has 12 bridgehead atoms. The number of carbonyl (C=O) groups is 1. The van der Waals surface area contributed by atoms with Gasteiger partial charge in [0.1, 0.15) is 36.6 Å². The second-order valence-corrected chi connectivity index (χ2v) is 27.5. The molecule has 440 valence electrons. The summed E-state index contributed by atoms with van der Waals surface area (Å²) in [7, 11) is 0. The van der Waals surface area contributed by atoms with Crippen molar-refractivity contribution < 1.29 is 91.2 Å². The van der Waals surface area contributed by atoms with E-state index in [4.69, 9.17) is 71.1 Å². The number of rotatable bonds is 4. The van der Waals surface area contributed by atoms with E-state index in [0.717, 1.165) is 49.7 Å². The number of hydrogen-bond acceptors (Lipinski definition) is 19. The smallest absolute Gasteiger partial charge is 0.308 e. The number of carbonyl (C=O) groups excluding carboxylic acids is 1. The fourth-order valence-electron chi connectivity index (χ4n) is 18.2. The Hall–Kier alpha value is -1.73. The van der Waals surface area contributed by atoms with Crippen LogP contribution in [0.3, 0.4) is 0 Å². The summed E-state index contributed by atoms with van der Waals surface area (Å²) in [6, 6.07) is 0. The molecule has 0 aromatic heterocycles. The first-order valence-electron chi connectivity index (χ1n) is 30.8. The highest BCUT2D eigenvalue weighted by molar-refractivity contribution is 5.70. The Bertz CT molecular complexity index is 2340. The summed E-state index contributed by atoms with van der Waals surface area (Å²) >= 11 is 0. The van der Waals surface area contributed by atoms with Crippen molar-refractivity contribution in [3.8, 4) is 0 Å². The third kappa shape index (κ3) is 9.43. The van der Waals surface area contributed by atoms with E-state index < -0.39 is 72.8 Å². The van der Waals surface area contributed by atoms with Crippen LogP contribution in [0.1, 0.15) is 143 Å². The molecular weight excluding hydrogens is 1020 g/mol. The molecule has 0 amide bonds. The summed E-state index contributed by atoms with van der Waals surface area (Å²) in [5, 5.41) is 30.3. The lowest BCUT2D eigenvalue weighted by Crippen LogP contribution is -2.62. The van der Waals surface area contributed by atoms with Gasteiger partial charge in [0.15, 0.2) is 17.4 Å². The topological polar surface area (TPSA) is 216 Å². The van der Waals surface area contributed by atoms with E-state index >= 15 is 0 Å². The maximum Gasteiger partial charge on any atom is 0.308 e. The zero-order valence-corrected chi connectivity index (χ0v) is 46.5. The van der Waals surface area contributed by atoms with Crippen molar-refractivity contribution in [2.45, 2.75) is 313 Å². The van der Waals surface area contributed by atoms with Crippen molar-refractivity contribution in [1.29, 1.82) is 0 Å². The number of aliphatic hydroxyl groups excluding tert-OH is 3. The van der Waals surface area contributed by atoms with Crippen LogP contribution >= 0.6 is 0 Å². The van der Waals surface area contributed by atoms with Crippen LogP contribution in [-0.2, 0) is 75.8 Å². The molecular formula is C60H86O19. The number of aliphatic hydroxyl groups is 3. The average molecular weight is 1110 g/mol. The summed E-state index contributed by atoms with van der Waals surface area (Å²) < 4.78 is 104. The van der Waals surface area contributed by atoms with Gasteiger partial charge in [-0.1, -0.05) is 40.9 Å². The molecule has 19 nitrogen and oxygen atoms in total. The van der Waals surface area contributed by atoms with E-state index in [-0.39, 0.29) is 146 Å². The molecule has 32 atom stereocenters. The average Bonchev–Trinajstić information content (AvgIpc) is 4.25. The number of hydrogen-bond donors (Lipinski definition) is 3. The highest BCUT2D eigenvalue weighted by Crippen LogP contribution is 2.58. The molecule has 0 aromatic rings. The Morgan fingerprint density at radius 3 is 2.03 bits per heavy atom. The molecule has 3 N–H and O–H groups in total. The van der Waals surface area contributed by atoms with E-state index in [9.17, 15) is 20.1 Å². The van der Waals surface area contributed by atoms with Gasteiger partial charge in [0, 0.05) is 70.1 Å². The van der Waals surface area contributed by atoms with Crippen LogP contribution in [0, 0.1) is 23.7 Å². The van der Waals surface area contributed by atoms with Gasteiger partial charge in [-0.15, -0.1) is 0 Å². The molecule has 16 aliphatic heterocycles. The Balaban J connectivity index is 0.655. The van der Waals surface area contributed by atoms with E-state index in [1.807, 2.05) is 0 Å². The van der Waals surface area contributed by atoms with Crippen LogP contribution < -0.4 is 0 Å². The van der Waals surface area contributed by atoms with Crippen LogP contribution in [0.15, 0.2) is 24.3 Å². The van der Waals surface area contributed by atoms with Crippen LogP contribution in [0.2, 0.25) is 0 Å². The van der Waals surface area contributed by atoms with Crippen molar-refractivity contribution in [3.05, 3.63) is 24.3 Å². The number of fused-ring (bicyclic) bond motifs is 10. The van der Waals surface area contributed by atoms with Crippen LogP contribution in [0.4, 0.5) is 0 Å². The molecule has 3 spiro atoms. The monoisotopic (exact) mass is 1110 g/mol. The second kappa shape index (κ2) is 20.2. The lowest BCUT2D eigenvalue weighted by Gasteiger charge is -2.50. The molecule has 19 heteroatoms. The third-order valence-corrected chi connectivity index (χ3v) is 21.9. The molecule has 16 heterocycles. The highest BCUT2D eigenvalue weighted by atomic mass is 16.8. The predicted molar refractivity (Wildman–Crippen MR) is 274 cm³/mol. The van der Waals surface area contributed by atoms with Gasteiger partial charge in [0.2, 0.25) is 0 Å². The van der Waals surface area contributed by atoms with Gasteiger partial charge in [0.05, 0.1) is 129 Å². The first-order chi connectivity index (χ1) is 38.0. The van der Waals surface area contributed by atoms with Gasteiger partial charge in [-0.25, -0.2) is 0 Å².